The van der Waals surface area contributed by atoms with E-state index in [4.69, 9.17) is 0 Å². The summed E-state index contributed by atoms with van der Waals surface area (Å²) in [5.41, 5.74) is 1.59. The Kier molecular flexibility index (Phi) is 3.12. The van der Waals surface area contributed by atoms with E-state index in [9.17, 15) is 4.79 Å². The number of hydrogen-bond donors (Lipinski definition) is 1. The average Bonchev–Trinajstić information content (AvgIpc) is 2.89. The summed E-state index contributed by atoms with van der Waals surface area (Å²) in [6.45, 7) is 5.72. The second-order valence-corrected chi connectivity index (χ2v) is 5.73. The van der Waals surface area contributed by atoms with Crippen LogP contribution in [0.5, 0.6) is 0 Å². The first kappa shape index (κ1) is 12.8. The Morgan fingerprint density at radius 3 is 2.71 bits per heavy atom. The summed E-state index contributed by atoms with van der Waals surface area (Å²) in [6.07, 6.45) is 3.55. The highest BCUT2D eigenvalue weighted by molar-refractivity contribution is 6.00. The fourth-order valence-corrected chi connectivity index (χ4v) is 3.09. The lowest BCUT2D eigenvalue weighted by atomic mass is 10.1. The Balaban J connectivity index is 1.48. The molecule has 4 rings (SSSR count). The minimum atomic E-state index is 0.0996. The number of aromatic nitrogens is 2. The molecule has 0 spiro atoms. The monoisotopic (exact) mass is 285 g/mol. The van der Waals surface area contributed by atoms with Crippen LogP contribution in [0.15, 0.2) is 30.6 Å². The van der Waals surface area contributed by atoms with Gasteiger partial charge in [0.1, 0.15) is 0 Å². The molecule has 2 aliphatic heterocycles. The molecule has 2 aromatic heterocycles. The molecular weight excluding hydrogens is 266 g/mol. The van der Waals surface area contributed by atoms with Crippen LogP contribution in [0.1, 0.15) is 10.4 Å². The van der Waals surface area contributed by atoms with Crippen molar-refractivity contribution in [1.29, 1.82) is 0 Å². The zero-order valence-electron chi connectivity index (χ0n) is 11.9. The van der Waals surface area contributed by atoms with Crippen molar-refractivity contribution >= 4 is 11.4 Å². The molecule has 0 radical (unpaired) electrons. The van der Waals surface area contributed by atoms with E-state index >= 15 is 0 Å². The minimum Gasteiger partial charge on any atom is -0.336 e. The molecule has 0 bridgehead atoms. The van der Waals surface area contributed by atoms with E-state index in [1.165, 1.54) is 0 Å². The van der Waals surface area contributed by atoms with Gasteiger partial charge in [-0.3, -0.25) is 9.69 Å². The largest absolute Gasteiger partial charge is 0.336 e. The first-order valence-corrected chi connectivity index (χ1v) is 7.49. The van der Waals surface area contributed by atoms with Gasteiger partial charge in [-0.15, -0.1) is 0 Å². The van der Waals surface area contributed by atoms with Gasteiger partial charge in [0.05, 0.1) is 17.3 Å². The Morgan fingerprint density at radius 2 is 2.00 bits per heavy atom. The minimum absolute atomic E-state index is 0.0996. The molecule has 0 aromatic carbocycles. The third-order valence-electron chi connectivity index (χ3n) is 4.53. The zero-order valence-corrected chi connectivity index (χ0v) is 11.9. The Hall–Kier alpha value is -1.92. The second-order valence-electron chi connectivity index (χ2n) is 5.73. The van der Waals surface area contributed by atoms with Gasteiger partial charge < -0.3 is 10.2 Å². The van der Waals surface area contributed by atoms with Gasteiger partial charge in [-0.25, -0.2) is 4.52 Å². The third kappa shape index (κ3) is 2.20. The summed E-state index contributed by atoms with van der Waals surface area (Å²) < 4.78 is 1.75. The second kappa shape index (κ2) is 5.13. The van der Waals surface area contributed by atoms with Gasteiger partial charge in [-0.2, -0.15) is 5.10 Å². The maximum atomic E-state index is 12.7. The number of nitrogens with one attached hydrogen (secondary N) is 1. The number of carbonyl (C=O) groups excluding carboxylic acids is 1. The highest BCUT2D eigenvalue weighted by atomic mass is 16.2. The fraction of sp³-hybridized carbons (Fsp3) is 0.467. The topological polar surface area (TPSA) is 52.9 Å². The van der Waals surface area contributed by atoms with E-state index in [0.717, 1.165) is 44.8 Å². The van der Waals surface area contributed by atoms with Crippen LogP contribution in [0, 0.1) is 0 Å². The number of rotatable bonds is 2. The predicted molar refractivity (Wildman–Crippen MR) is 79.3 cm³/mol. The molecule has 6 nitrogen and oxygen atoms in total. The van der Waals surface area contributed by atoms with Gasteiger partial charge in [0.25, 0.3) is 5.91 Å². The fourth-order valence-electron chi connectivity index (χ4n) is 3.09. The van der Waals surface area contributed by atoms with E-state index in [-0.39, 0.29) is 5.91 Å². The van der Waals surface area contributed by atoms with Crippen LogP contribution in [0.4, 0.5) is 0 Å². The molecule has 1 amide bonds. The molecule has 0 aliphatic carbocycles. The summed E-state index contributed by atoms with van der Waals surface area (Å²) >= 11 is 0. The van der Waals surface area contributed by atoms with E-state index in [0.29, 0.717) is 11.6 Å². The van der Waals surface area contributed by atoms with Gasteiger partial charge >= 0.3 is 0 Å². The van der Waals surface area contributed by atoms with E-state index in [2.05, 4.69) is 15.3 Å². The predicted octanol–water partition coefficient (Wildman–Crippen LogP) is 0.0639. The van der Waals surface area contributed by atoms with Crippen LogP contribution in [0.2, 0.25) is 0 Å². The van der Waals surface area contributed by atoms with Crippen molar-refractivity contribution in [1.82, 2.24) is 24.7 Å². The first-order valence-electron chi connectivity index (χ1n) is 7.49. The Labute approximate surface area is 123 Å². The summed E-state index contributed by atoms with van der Waals surface area (Å²) in [6, 6.07) is 6.46. The molecule has 2 fully saturated rings. The van der Waals surface area contributed by atoms with Crippen molar-refractivity contribution in [2.24, 2.45) is 0 Å². The molecule has 0 atom stereocenters. The van der Waals surface area contributed by atoms with Crippen molar-refractivity contribution in [3.63, 3.8) is 0 Å². The summed E-state index contributed by atoms with van der Waals surface area (Å²) in [5, 5.41) is 7.55. The van der Waals surface area contributed by atoms with Crippen LogP contribution in [-0.2, 0) is 0 Å². The highest BCUT2D eigenvalue weighted by Gasteiger charge is 2.30. The smallest absolute Gasteiger partial charge is 0.257 e. The maximum absolute atomic E-state index is 12.7. The first-order chi connectivity index (χ1) is 10.3. The number of hydrogen-bond acceptors (Lipinski definition) is 4. The lowest BCUT2D eigenvalue weighted by Crippen LogP contribution is -2.62. The van der Waals surface area contributed by atoms with E-state index in [1.807, 2.05) is 29.3 Å². The standard InChI is InChI=1S/C15H19N5O/c21-15(13-11-17-20-4-2-1-3-14(13)20)19-7-5-18(6-8-19)12-9-16-10-12/h1-4,11-12,16H,5-10H2. The van der Waals surface area contributed by atoms with E-state index < -0.39 is 0 Å². The van der Waals surface area contributed by atoms with Gasteiger partial charge in [-0.05, 0) is 12.1 Å². The van der Waals surface area contributed by atoms with Crippen molar-refractivity contribution < 1.29 is 4.79 Å². The van der Waals surface area contributed by atoms with Crippen LogP contribution in [0.25, 0.3) is 5.52 Å². The number of nitrogens with zero attached hydrogens (tertiary/aromatic N) is 4. The van der Waals surface area contributed by atoms with Gasteiger partial charge in [-0.1, -0.05) is 6.07 Å². The molecule has 2 saturated heterocycles. The van der Waals surface area contributed by atoms with Gasteiger partial charge in [0, 0.05) is 51.5 Å². The number of pyridine rings is 1. The molecule has 0 saturated carbocycles. The number of carbonyl (C=O) groups is 1. The van der Waals surface area contributed by atoms with Gasteiger partial charge in [0.2, 0.25) is 0 Å². The molecule has 2 aromatic rings. The van der Waals surface area contributed by atoms with Crippen LogP contribution < -0.4 is 5.32 Å². The Morgan fingerprint density at radius 1 is 1.19 bits per heavy atom. The molecule has 0 unspecified atom stereocenters. The van der Waals surface area contributed by atoms with Crippen LogP contribution >= 0.6 is 0 Å². The lowest BCUT2D eigenvalue weighted by Gasteiger charge is -2.43. The quantitative estimate of drug-likeness (QED) is 0.848. The SMILES string of the molecule is O=C(c1cnn2ccccc12)N1CCN(C2CNC2)CC1. The van der Waals surface area contributed by atoms with E-state index in [1.54, 1.807) is 10.7 Å². The molecule has 6 heteroatoms. The molecule has 21 heavy (non-hydrogen) atoms. The molecule has 4 heterocycles. The van der Waals surface area contributed by atoms with Crippen molar-refractivity contribution in [2.75, 3.05) is 39.3 Å². The van der Waals surface area contributed by atoms with Gasteiger partial charge in [0.15, 0.2) is 0 Å². The molecule has 2 aliphatic rings. The zero-order chi connectivity index (χ0) is 14.2. The summed E-state index contributed by atoms with van der Waals surface area (Å²) in [4.78, 5) is 17.1. The summed E-state index contributed by atoms with van der Waals surface area (Å²) in [7, 11) is 0. The molecular formula is C15H19N5O. The number of amides is 1. The molecule has 1 N–H and O–H groups in total. The van der Waals surface area contributed by atoms with Crippen molar-refractivity contribution in [3.8, 4) is 0 Å². The van der Waals surface area contributed by atoms with Crippen LogP contribution in [-0.4, -0.2) is 70.6 Å². The third-order valence-corrected chi connectivity index (χ3v) is 4.53. The highest BCUT2D eigenvalue weighted by Crippen LogP contribution is 2.16. The normalized spacial score (nSPS) is 20.7. The average molecular weight is 285 g/mol. The number of piperazine rings is 1. The number of fused-ring (bicyclic) bond motifs is 1. The maximum Gasteiger partial charge on any atom is 0.257 e. The molecule has 110 valence electrons. The van der Waals surface area contributed by atoms with Crippen LogP contribution in [0.3, 0.4) is 0 Å². The lowest BCUT2D eigenvalue weighted by molar-refractivity contribution is 0.0503. The van der Waals surface area contributed by atoms with Crippen molar-refractivity contribution in [2.45, 2.75) is 6.04 Å². The Bertz CT molecular complexity index is 655. The summed E-state index contributed by atoms with van der Waals surface area (Å²) in [5.74, 6) is 0.0996. The van der Waals surface area contributed by atoms with Crippen molar-refractivity contribution in [3.05, 3.63) is 36.2 Å².